The molecular formula is C31H26N2O4S. The molecule has 4 N–H and O–H groups in total. The van der Waals surface area contributed by atoms with E-state index in [0.717, 1.165) is 44.7 Å². The highest BCUT2D eigenvalue weighted by Gasteiger charge is 2.09. The van der Waals surface area contributed by atoms with Gasteiger partial charge >= 0.3 is 4.87 Å². The first-order valence-corrected chi connectivity index (χ1v) is 13.0. The number of thiazole rings is 1. The Bertz CT molecular complexity index is 1600. The highest BCUT2D eigenvalue weighted by Crippen LogP contribution is 2.25. The van der Waals surface area contributed by atoms with E-state index in [4.69, 9.17) is 0 Å². The van der Waals surface area contributed by atoms with E-state index in [1.165, 1.54) is 0 Å². The Morgan fingerprint density at radius 1 is 0.763 bits per heavy atom. The van der Waals surface area contributed by atoms with Gasteiger partial charge in [-0.15, -0.1) is 0 Å². The summed E-state index contributed by atoms with van der Waals surface area (Å²) in [6.07, 6.45) is 1.20. The predicted molar refractivity (Wildman–Crippen MR) is 151 cm³/mol. The first-order valence-electron chi connectivity index (χ1n) is 12.2. The number of phenols is 1. The molecule has 0 unspecified atom stereocenters. The number of aromatic hydroxyl groups is 2. The zero-order valence-corrected chi connectivity index (χ0v) is 21.3. The fourth-order valence-electron chi connectivity index (χ4n) is 4.27. The summed E-state index contributed by atoms with van der Waals surface area (Å²) in [6, 6.07) is 30.7. The fourth-order valence-corrected chi connectivity index (χ4v) is 5.03. The van der Waals surface area contributed by atoms with Gasteiger partial charge in [0.2, 0.25) is 5.88 Å². The number of hydrogen-bond acceptors (Lipinski definition) is 5. The number of phenolic OH excluding ortho intramolecular Hbond substituents is 1. The maximum absolute atomic E-state index is 12.6. The maximum atomic E-state index is 12.6. The van der Waals surface area contributed by atoms with Crippen molar-refractivity contribution >= 4 is 17.2 Å². The molecule has 38 heavy (non-hydrogen) atoms. The van der Waals surface area contributed by atoms with E-state index in [0.29, 0.717) is 29.8 Å². The fraction of sp³-hybridized carbons (Fsp3) is 0.0968. The molecule has 1 heterocycles. The zero-order valence-electron chi connectivity index (χ0n) is 20.5. The minimum absolute atomic E-state index is 0.0602. The topological polar surface area (TPSA) is 102 Å². The second-order valence-electron chi connectivity index (χ2n) is 8.99. The summed E-state index contributed by atoms with van der Waals surface area (Å²) in [6.45, 7) is 0.518. The van der Waals surface area contributed by atoms with Gasteiger partial charge in [-0.3, -0.25) is 14.6 Å². The average Bonchev–Trinajstić information content (AvgIpc) is 3.25. The Kier molecular flexibility index (Phi) is 7.38. The number of carbonyl (C=O) groups excluding carboxylic acids is 1. The third-order valence-corrected chi connectivity index (χ3v) is 7.20. The van der Waals surface area contributed by atoms with E-state index < -0.39 is 0 Å². The van der Waals surface area contributed by atoms with Crippen molar-refractivity contribution in [1.29, 1.82) is 0 Å². The minimum Gasteiger partial charge on any atom is -0.508 e. The van der Waals surface area contributed by atoms with Gasteiger partial charge in [-0.1, -0.05) is 84.1 Å². The van der Waals surface area contributed by atoms with Crippen LogP contribution in [-0.2, 0) is 12.8 Å². The Balaban J connectivity index is 1.16. The van der Waals surface area contributed by atoms with Crippen molar-refractivity contribution in [3.8, 4) is 33.9 Å². The minimum atomic E-state index is -0.259. The molecular weight excluding hydrogens is 496 g/mol. The highest BCUT2D eigenvalue weighted by atomic mass is 32.1. The molecule has 0 spiro atoms. The molecule has 0 aliphatic carbocycles. The summed E-state index contributed by atoms with van der Waals surface area (Å²) < 4.78 is 0. The lowest BCUT2D eigenvalue weighted by atomic mass is 10.00. The Hall–Kier alpha value is -4.62. The quantitative estimate of drug-likeness (QED) is 0.209. The van der Waals surface area contributed by atoms with Crippen LogP contribution in [0.5, 0.6) is 11.6 Å². The third-order valence-electron chi connectivity index (χ3n) is 6.33. The molecule has 5 aromatic rings. The van der Waals surface area contributed by atoms with Gasteiger partial charge in [-0.2, -0.15) is 0 Å². The van der Waals surface area contributed by atoms with Crippen molar-refractivity contribution in [3.63, 3.8) is 0 Å². The number of carbonyl (C=O) groups is 1. The first-order chi connectivity index (χ1) is 18.4. The van der Waals surface area contributed by atoms with E-state index in [-0.39, 0.29) is 22.4 Å². The molecule has 0 saturated heterocycles. The third kappa shape index (κ3) is 6.02. The number of rotatable bonds is 8. The van der Waals surface area contributed by atoms with E-state index >= 15 is 0 Å². The standard InChI is InChI=1S/C31H26N2O4S/c34-27-14-12-23(13-15-27)22-8-10-25(11-9-22)29(35)32-17-16-20-2-1-3-26(18-20)24-6-4-21(5-7-24)19-28-30(36)33-31(37)38-28/h1-15,18,34,36H,16-17,19H2,(H,32,35)(H,33,37). The van der Waals surface area contributed by atoms with Crippen LogP contribution in [0.2, 0.25) is 0 Å². The van der Waals surface area contributed by atoms with Crippen LogP contribution in [0, 0.1) is 0 Å². The largest absolute Gasteiger partial charge is 0.508 e. The van der Waals surface area contributed by atoms with Gasteiger partial charge in [-0.25, -0.2) is 0 Å². The molecule has 4 aromatic carbocycles. The number of H-pyrrole nitrogens is 1. The zero-order chi connectivity index (χ0) is 26.5. The average molecular weight is 523 g/mol. The lowest BCUT2D eigenvalue weighted by Crippen LogP contribution is -2.25. The van der Waals surface area contributed by atoms with Crippen LogP contribution in [-0.4, -0.2) is 27.6 Å². The summed E-state index contributed by atoms with van der Waals surface area (Å²) >= 11 is 1.02. The van der Waals surface area contributed by atoms with Crippen LogP contribution >= 0.6 is 11.3 Å². The molecule has 5 rings (SSSR count). The highest BCUT2D eigenvalue weighted by molar-refractivity contribution is 7.09. The molecule has 190 valence electrons. The second kappa shape index (κ2) is 11.2. The smallest absolute Gasteiger partial charge is 0.307 e. The number of aromatic nitrogens is 1. The van der Waals surface area contributed by atoms with Crippen molar-refractivity contribution in [2.24, 2.45) is 0 Å². The second-order valence-corrected chi connectivity index (χ2v) is 10.1. The number of hydrogen-bond donors (Lipinski definition) is 4. The Labute approximate surface area is 223 Å². The number of amides is 1. The van der Waals surface area contributed by atoms with E-state index in [1.807, 2.05) is 60.7 Å². The summed E-state index contributed by atoms with van der Waals surface area (Å²) in [4.78, 5) is 26.8. The SMILES string of the molecule is O=C(NCCc1cccc(-c2ccc(Cc3sc(=O)[nH]c3O)cc2)c1)c1ccc(-c2ccc(O)cc2)cc1. The summed E-state index contributed by atoms with van der Waals surface area (Å²) in [5, 5.41) is 22.3. The van der Waals surface area contributed by atoms with Gasteiger partial charge in [0.15, 0.2) is 0 Å². The van der Waals surface area contributed by atoms with Crippen LogP contribution in [0.15, 0.2) is 102 Å². The number of benzene rings is 4. The van der Waals surface area contributed by atoms with Gasteiger partial charge in [0.1, 0.15) is 5.75 Å². The van der Waals surface area contributed by atoms with Crippen molar-refractivity contribution in [3.05, 3.63) is 128 Å². The van der Waals surface area contributed by atoms with Gasteiger partial charge in [0.25, 0.3) is 5.91 Å². The Morgan fingerprint density at radius 2 is 1.39 bits per heavy atom. The monoisotopic (exact) mass is 522 g/mol. The lowest BCUT2D eigenvalue weighted by Gasteiger charge is -2.09. The lowest BCUT2D eigenvalue weighted by molar-refractivity contribution is 0.0954. The van der Waals surface area contributed by atoms with E-state index in [9.17, 15) is 19.8 Å². The number of nitrogens with one attached hydrogen (secondary N) is 2. The molecule has 0 aliphatic heterocycles. The molecule has 0 saturated carbocycles. The van der Waals surface area contributed by atoms with Gasteiger partial charge in [0, 0.05) is 18.5 Å². The summed E-state index contributed by atoms with van der Waals surface area (Å²) in [5.41, 5.74) is 6.83. The molecule has 1 amide bonds. The van der Waals surface area contributed by atoms with Gasteiger partial charge < -0.3 is 15.5 Å². The van der Waals surface area contributed by atoms with Gasteiger partial charge in [0.05, 0.1) is 4.88 Å². The number of aromatic amines is 1. The van der Waals surface area contributed by atoms with Crippen molar-refractivity contribution in [2.45, 2.75) is 12.8 Å². The van der Waals surface area contributed by atoms with E-state index in [1.54, 1.807) is 24.3 Å². The molecule has 7 heteroatoms. The van der Waals surface area contributed by atoms with Crippen molar-refractivity contribution in [1.82, 2.24) is 10.3 Å². The van der Waals surface area contributed by atoms with Crippen LogP contribution < -0.4 is 10.2 Å². The van der Waals surface area contributed by atoms with Crippen LogP contribution in [0.3, 0.4) is 0 Å². The normalized spacial score (nSPS) is 10.8. The first kappa shape index (κ1) is 25.0. The molecule has 6 nitrogen and oxygen atoms in total. The molecule has 0 bridgehead atoms. The summed E-state index contributed by atoms with van der Waals surface area (Å²) in [5.74, 6) is 0.0435. The molecule has 0 aliphatic rings. The van der Waals surface area contributed by atoms with Crippen molar-refractivity contribution in [2.75, 3.05) is 6.54 Å². The molecule has 0 atom stereocenters. The molecule has 0 fully saturated rings. The van der Waals surface area contributed by atoms with Crippen LogP contribution in [0.1, 0.15) is 26.4 Å². The van der Waals surface area contributed by atoms with E-state index in [2.05, 4.69) is 22.4 Å². The summed E-state index contributed by atoms with van der Waals surface area (Å²) in [7, 11) is 0. The molecule has 0 radical (unpaired) electrons. The maximum Gasteiger partial charge on any atom is 0.307 e. The van der Waals surface area contributed by atoms with Gasteiger partial charge in [-0.05, 0) is 64.1 Å². The van der Waals surface area contributed by atoms with Crippen molar-refractivity contribution < 1.29 is 15.0 Å². The predicted octanol–water partition coefficient (Wildman–Crippen LogP) is 5.74. The molecule has 1 aromatic heterocycles. The Morgan fingerprint density at radius 3 is 2.05 bits per heavy atom. The van der Waals surface area contributed by atoms with Crippen LogP contribution in [0.4, 0.5) is 0 Å². The van der Waals surface area contributed by atoms with Crippen LogP contribution in [0.25, 0.3) is 22.3 Å².